The van der Waals surface area contributed by atoms with Crippen LogP contribution in [0.3, 0.4) is 0 Å². The van der Waals surface area contributed by atoms with Crippen molar-refractivity contribution in [2.24, 2.45) is 0 Å². The Morgan fingerprint density at radius 3 is 2.29 bits per heavy atom. The summed E-state index contributed by atoms with van der Waals surface area (Å²) in [5, 5.41) is 0. The number of ether oxygens (including phenoxy) is 1. The van der Waals surface area contributed by atoms with E-state index < -0.39 is 0 Å². The van der Waals surface area contributed by atoms with E-state index in [0.717, 1.165) is 24.8 Å². The zero-order valence-electron chi connectivity index (χ0n) is 10.7. The molecule has 0 saturated carbocycles. The van der Waals surface area contributed by atoms with Crippen molar-refractivity contribution in [1.29, 1.82) is 0 Å². The first-order valence-corrected chi connectivity index (χ1v) is 6.81. The van der Waals surface area contributed by atoms with Gasteiger partial charge in [0, 0.05) is 12.0 Å². The molecule has 0 bridgehead atoms. The Morgan fingerprint density at radius 1 is 1.06 bits per heavy atom. The molecule has 0 atom stereocenters. The smallest absolute Gasteiger partial charge is 0.333 e. The molecule has 0 aromatic carbocycles. The van der Waals surface area contributed by atoms with E-state index in [9.17, 15) is 4.79 Å². The fourth-order valence-electron chi connectivity index (χ4n) is 2.05. The summed E-state index contributed by atoms with van der Waals surface area (Å²) < 4.78 is 4.88. The van der Waals surface area contributed by atoms with Crippen LogP contribution in [0.25, 0.3) is 0 Å². The second kappa shape index (κ2) is 9.03. The van der Waals surface area contributed by atoms with Gasteiger partial charge in [-0.2, -0.15) is 0 Å². The highest BCUT2D eigenvalue weighted by atomic mass is 16.5. The van der Waals surface area contributed by atoms with Crippen LogP contribution < -0.4 is 0 Å². The third kappa shape index (κ3) is 6.30. The number of hydrogen-bond donors (Lipinski definition) is 0. The lowest BCUT2D eigenvalue weighted by Crippen LogP contribution is -1.94. The molecule has 0 N–H and O–H groups in total. The molecule has 1 rings (SSSR count). The van der Waals surface area contributed by atoms with E-state index in [1.165, 1.54) is 38.5 Å². The number of carbonyl (C=O) groups excluding carboxylic acids is 1. The lowest BCUT2D eigenvalue weighted by molar-refractivity contribution is -0.135. The molecular formula is C15H24O2. The Hall–Kier alpha value is -1.05. The van der Waals surface area contributed by atoms with Crippen molar-refractivity contribution in [3.63, 3.8) is 0 Å². The summed E-state index contributed by atoms with van der Waals surface area (Å²) in [6.45, 7) is 4.30. The van der Waals surface area contributed by atoms with Crippen molar-refractivity contribution in [3.8, 4) is 0 Å². The summed E-state index contributed by atoms with van der Waals surface area (Å²) in [4.78, 5) is 11.1. The number of unbranched alkanes of at least 4 members (excludes halogenated alkanes) is 7. The molecule has 0 unspecified atom stereocenters. The molecule has 0 aliphatic carbocycles. The van der Waals surface area contributed by atoms with E-state index in [1.807, 2.05) is 6.08 Å². The molecule has 0 aromatic heterocycles. The second-order valence-electron chi connectivity index (χ2n) is 4.60. The van der Waals surface area contributed by atoms with E-state index in [2.05, 4.69) is 12.7 Å². The quantitative estimate of drug-likeness (QED) is 0.260. The molecule has 1 saturated heterocycles. The molecule has 1 aliphatic heterocycles. The molecule has 1 aliphatic rings. The van der Waals surface area contributed by atoms with Gasteiger partial charge in [0.05, 0.1) is 6.61 Å². The molecule has 2 nitrogen and oxygen atoms in total. The molecular weight excluding hydrogens is 212 g/mol. The number of hydrogen-bond acceptors (Lipinski definition) is 2. The van der Waals surface area contributed by atoms with Crippen molar-refractivity contribution >= 4 is 5.97 Å². The van der Waals surface area contributed by atoms with Gasteiger partial charge in [0.2, 0.25) is 0 Å². The van der Waals surface area contributed by atoms with Crippen LogP contribution in [-0.4, -0.2) is 12.6 Å². The maximum absolute atomic E-state index is 11.1. The summed E-state index contributed by atoms with van der Waals surface area (Å²) >= 11 is 0. The van der Waals surface area contributed by atoms with Gasteiger partial charge in [-0.1, -0.05) is 37.8 Å². The van der Waals surface area contributed by atoms with Crippen LogP contribution in [0.4, 0.5) is 0 Å². The van der Waals surface area contributed by atoms with Crippen LogP contribution in [0.1, 0.15) is 57.8 Å². The van der Waals surface area contributed by atoms with Crippen LogP contribution in [0, 0.1) is 0 Å². The normalized spacial score (nSPS) is 17.4. The average molecular weight is 236 g/mol. The Labute approximate surface area is 105 Å². The van der Waals surface area contributed by atoms with Gasteiger partial charge in [0.25, 0.3) is 0 Å². The Bertz CT molecular complexity index is 266. The predicted octanol–water partition coefficient (Wildman–Crippen LogP) is 4.17. The highest BCUT2D eigenvalue weighted by Crippen LogP contribution is 2.15. The molecule has 17 heavy (non-hydrogen) atoms. The van der Waals surface area contributed by atoms with Gasteiger partial charge < -0.3 is 4.74 Å². The topological polar surface area (TPSA) is 26.3 Å². The van der Waals surface area contributed by atoms with Gasteiger partial charge in [-0.3, -0.25) is 0 Å². The van der Waals surface area contributed by atoms with Gasteiger partial charge in [-0.05, 0) is 25.7 Å². The maximum atomic E-state index is 11.1. The van der Waals surface area contributed by atoms with Crippen LogP contribution in [0.2, 0.25) is 0 Å². The third-order valence-electron chi connectivity index (χ3n) is 3.12. The highest BCUT2D eigenvalue weighted by molar-refractivity contribution is 5.90. The summed E-state index contributed by atoms with van der Waals surface area (Å²) in [5.74, 6) is -0.102. The van der Waals surface area contributed by atoms with Crippen molar-refractivity contribution in [3.05, 3.63) is 24.3 Å². The number of rotatable bonds is 9. The van der Waals surface area contributed by atoms with Gasteiger partial charge in [0.15, 0.2) is 0 Å². The molecule has 0 radical (unpaired) electrons. The van der Waals surface area contributed by atoms with E-state index in [0.29, 0.717) is 6.61 Å². The lowest BCUT2D eigenvalue weighted by atomic mass is 10.1. The zero-order chi connectivity index (χ0) is 12.3. The van der Waals surface area contributed by atoms with Crippen molar-refractivity contribution in [2.45, 2.75) is 57.8 Å². The van der Waals surface area contributed by atoms with Gasteiger partial charge in [-0.25, -0.2) is 4.79 Å². The van der Waals surface area contributed by atoms with Crippen LogP contribution in [0.5, 0.6) is 0 Å². The average Bonchev–Trinajstić information content (AvgIpc) is 2.73. The summed E-state index contributed by atoms with van der Waals surface area (Å²) in [6, 6.07) is 0. The Morgan fingerprint density at radius 2 is 1.71 bits per heavy atom. The standard InChI is InChI=1S/C15H24O2/c1-2-3-4-5-6-7-8-9-10-11-14-12-13-17-15(14)16/h2,11H,1,3-10,12-13H2. The van der Waals surface area contributed by atoms with Gasteiger partial charge >= 0.3 is 5.97 Å². The van der Waals surface area contributed by atoms with E-state index >= 15 is 0 Å². The summed E-state index contributed by atoms with van der Waals surface area (Å²) in [6.07, 6.45) is 14.7. The monoisotopic (exact) mass is 236 g/mol. The SMILES string of the molecule is C=CCCCCCCCCC=C1CCOC1=O. The van der Waals surface area contributed by atoms with Gasteiger partial charge in [0.1, 0.15) is 0 Å². The minimum absolute atomic E-state index is 0.102. The predicted molar refractivity (Wildman–Crippen MR) is 70.8 cm³/mol. The first-order chi connectivity index (χ1) is 8.34. The van der Waals surface area contributed by atoms with Crippen molar-refractivity contribution < 1.29 is 9.53 Å². The van der Waals surface area contributed by atoms with Crippen LogP contribution in [-0.2, 0) is 9.53 Å². The number of allylic oxidation sites excluding steroid dienone is 2. The summed E-state index contributed by atoms with van der Waals surface area (Å²) in [7, 11) is 0. The minimum atomic E-state index is -0.102. The number of carbonyl (C=O) groups is 1. The maximum Gasteiger partial charge on any atom is 0.333 e. The third-order valence-corrected chi connectivity index (χ3v) is 3.12. The number of esters is 1. The molecule has 2 heteroatoms. The van der Waals surface area contributed by atoms with Gasteiger partial charge in [-0.15, -0.1) is 6.58 Å². The molecule has 0 aromatic rings. The van der Waals surface area contributed by atoms with Crippen molar-refractivity contribution in [2.75, 3.05) is 6.61 Å². The van der Waals surface area contributed by atoms with E-state index in [1.54, 1.807) is 0 Å². The van der Waals surface area contributed by atoms with E-state index in [4.69, 9.17) is 4.74 Å². The van der Waals surface area contributed by atoms with E-state index in [-0.39, 0.29) is 5.97 Å². The highest BCUT2D eigenvalue weighted by Gasteiger charge is 2.17. The fraction of sp³-hybridized carbons (Fsp3) is 0.667. The van der Waals surface area contributed by atoms with Crippen molar-refractivity contribution in [1.82, 2.24) is 0 Å². The molecule has 96 valence electrons. The number of cyclic esters (lactones) is 1. The molecule has 1 heterocycles. The molecule has 0 spiro atoms. The zero-order valence-corrected chi connectivity index (χ0v) is 10.7. The van der Waals surface area contributed by atoms with Crippen LogP contribution >= 0.6 is 0 Å². The molecule has 0 amide bonds. The first kappa shape index (κ1) is 14.0. The van der Waals surface area contributed by atoms with Crippen LogP contribution in [0.15, 0.2) is 24.3 Å². The summed E-state index contributed by atoms with van der Waals surface area (Å²) in [5.41, 5.74) is 0.885. The Balaban J connectivity index is 1.90. The Kier molecular flexibility index (Phi) is 7.44. The lowest BCUT2D eigenvalue weighted by Gasteiger charge is -1.99. The first-order valence-electron chi connectivity index (χ1n) is 6.81. The fourth-order valence-corrected chi connectivity index (χ4v) is 2.05. The largest absolute Gasteiger partial charge is 0.462 e. The molecule has 1 fully saturated rings. The minimum Gasteiger partial charge on any atom is -0.462 e. The second-order valence-corrected chi connectivity index (χ2v) is 4.60.